The van der Waals surface area contributed by atoms with Crippen LogP contribution in [-0.2, 0) is 9.47 Å². The van der Waals surface area contributed by atoms with Gasteiger partial charge in [-0.1, -0.05) is 24.3 Å². The van der Waals surface area contributed by atoms with Crippen molar-refractivity contribution in [3.63, 3.8) is 0 Å². The summed E-state index contributed by atoms with van der Waals surface area (Å²) in [6.07, 6.45) is 3.14. The Balaban J connectivity index is 1.96. The van der Waals surface area contributed by atoms with Gasteiger partial charge in [0.2, 0.25) is 0 Å². The summed E-state index contributed by atoms with van der Waals surface area (Å²) in [5, 5.41) is 7.88. The van der Waals surface area contributed by atoms with Gasteiger partial charge in [0.25, 0.3) is 0 Å². The van der Waals surface area contributed by atoms with Gasteiger partial charge in [0.1, 0.15) is 0 Å². The van der Waals surface area contributed by atoms with E-state index in [1.807, 2.05) is 0 Å². The lowest BCUT2D eigenvalue weighted by Crippen LogP contribution is -2.00. The predicted molar refractivity (Wildman–Crippen MR) is 90.8 cm³/mol. The molecule has 122 valence electrons. The van der Waals surface area contributed by atoms with Gasteiger partial charge in [-0.15, -0.1) is 0 Å². The highest BCUT2D eigenvalue weighted by Crippen LogP contribution is 2.05. The summed E-state index contributed by atoms with van der Waals surface area (Å²) in [6.45, 7) is 0. The topological polar surface area (TPSA) is 77.3 Å². The first kappa shape index (κ1) is 17.1. The Labute approximate surface area is 139 Å². The maximum absolute atomic E-state index is 11.3. The van der Waals surface area contributed by atoms with Gasteiger partial charge in [-0.05, 0) is 35.4 Å². The summed E-state index contributed by atoms with van der Waals surface area (Å²) in [4.78, 5) is 22.6. The SMILES string of the molecule is COC(=O)c1ccc(C=NN=Cc2ccc(C(=O)OC)cc2)cc1. The number of hydrogen-bond donors (Lipinski definition) is 0. The van der Waals surface area contributed by atoms with Gasteiger partial charge in [-0.3, -0.25) is 0 Å². The van der Waals surface area contributed by atoms with E-state index < -0.39 is 0 Å². The van der Waals surface area contributed by atoms with Crippen molar-refractivity contribution in [2.45, 2.75) is 0 Å². The smallest absolute Gasteiger partial charge is 0.337 e. The second-order valence-electron chi connectivity index (χ2n) is 4.72. The molecule has 0 saturated heterocycles. The number of nitrogens with zero attached hydrogens (tertiary/aromatic N) is 2. The highest BCUT2D eigenvalue weighted by Gasteiger charge is 2.04. The predicted octanol–water partition coefficient (Wildman–Crippen LogP) is 2.71. The van der Waals surface area contributed by atoms with E-state index in [9.17, 15) is 9.59 Å². The molecular formula is C18H16N2O4. The lowest BCUT2D eigenvalue weighted by Gasteiger charge is -1.99. The second kappa shape index (κ2) is 8.38. The average Bonchev–Trinajstić information content (AvgIpc) is 2.65. The van der Waals surface area contributed by atoms with E-state index in [4.69, 9.17) is 0 Å². The number of esters is 2. The van der Waals surface area contributed by atoms with Crippen LogP contribution in [0.15, 0.2) is 58.7 Å². The van der Waals surface area contributed by atoms with Crippen LogP contribution in [0.1, 0.15) is 31.8 Å². The normalized spacial score (nSPS) is 10.9. The van der Waals surface area contributed by atoms with Gasteiger partial charge in [0.05, 0.1) is 37.8 Å². The van der Waals surface area contributed by atoms with Crippen molar-refractivity contribution >= 4 is 24.4 Å². The van der Waals surface area contributed by atoms with Crippen molar-refractivity contribution in [3.8, 4) is 0 Å². The Morgan fingerprint density at radius 1 is 0.708 bits per heavy atom. The number of rotatable bonds is 5. The minimum Gasteiger partial charge on any atom is -0.465 e. The Bertz CT molecular complexity index is 695. The molecule has 24 heavy (non-hydrogen) atoms. The fourth-order valence-electron chi connectivity index (χ4n) is 1.85. The zero-order chi connectivity index (χ0) is 17.4. The monoisotopic (exact) mass is 324 g/mol. The van der Waals surface area contributed by atoms with Crippen LogP contribution in [0, 0.1) is 0 Å². The minimum absolute atomic E-state index is 0.382. The lowest BCUT2D eigenvalue weighted by atomic mass is 10.1. The van der Waals surface area contributed by atoms with Gasteiger partial charge in [0.15, 0.2) is 0 Å². The van der Waals surface area contributed by atoms with Crippen LogP contribution in [-0.4, -0.2) is 38.6 Å². The Kier molecular flexibility index (Phi) is 5.96. The average molecular weight is 324 g/mol. The molecule has 6 heteroatoms. The third-order valence-corrected chi connectivity index (χ3v) is 3.14. The Morgan fingerprint density at radius 2 is 1.04 bits per heavy atom. The van der Waals surface area contributed by atoms with Crippen molar-refractivity contribution in [2.24, 2.45) is 10.2 Å². The molecule has 0 aromatic heterocycles. The minimum atomic E-state index is -0.382. The fourth-order valence-corrected chi connectivity index (χ4v) is 1.85. The van der Waals surface area contributed by atoms with Crippen LogP contribution in [0.4, 0.5) is 0 Å². The van der Waals surface area contributed by atoms with Crippen LogP contribution in [0.2, 0.25) is 0 Å². The molecule has 0 saturated carbocycles. The number of ether oxygens (including phenoxy) is 2. The second-order valence-corrected chi connectivity index (χ2v) is 4.72. The van der Waals surface area contributed by atoms with Crippen LogP contribution >= 0.6 is 0 Å². The van der Waals surface area contributed by atoms with E-state index in [-0.39, 0.29) is 11.9 Å². The van der Waals surface area contributed by atoms with E-state index >= 15 is 0 Å². The van der Waals surface area contributed by atoms with E-state index in [1.165, 1.54) is 14.2 Å². The zero-order valence-electron chi connectivity index (χ0n) is 13.3. The third kappa shape index (κ3) is 4.61. The van der Waals surface area contributed by atoms with Crippen LogP contribution in [0.3, 0.4) is 0 Å². The number of hydrogen-bond acceptors (Lipinski definition) is 6. The summed E-state index contributed by atoms with van der Waals surface area (Å²) >= 11 is 0. The number of methoxy groups -OCH3 is 2. The van der Waals surface area contributed by atoms with Crippen molar-refractivity contribution in [2.75, 3.05) is 14.2 Å². The van der Waals surface area contributed by atoms with E-state index in [0.717, 1.165) is 11.1 Å². The molecule has 2 rings (SSSR count). The van der Waals surface area contributed by atoms with E-state index in [2.05, 4.69) is 19.7 Å². The Hall–Kier alpha value is -3.28. The summed E-state index contributed by atoms with van der Waals surface area (Å²) in [5.74, 6) is -0.765. The molecule has 0 aliphatic carbocycles. The Morgan fingerprint density at radius 3 is 1.33 bits per heavy atom. The van der Waals surface area contributed by atoms with Gasteiger partial charge >= 0.3 is 11.9 Å². The highest BCUT2D eigenvalue weighted by atomic mass is 16.5. The standard InChI is InChI=1S/C18H16N2O4/c1-23-17(21)15-7-3-13(4-8-15)11-19-20-12-14-5-9-16(10-6-14)18(22)24-2/h3-12H,1-2H3. The lowest BCUT2D eigenvalue weighted by molar-refractivity contribution is 0.0592. The molecule has 0 atom stereocenters. The first-order valence-electron chi connectivity index (χ1n) is 7.07. The van der Waals surface area contributed by atoms with Crippen molar-refractivity contribution in [3.05, 3.63) is 70.8 Å². The summed E-state index contributed by atoms with van der Waals surface area (Å²) in [6, 6.07) is 13.6. The first-order chi connectivity index (χ1) is 11.6. The summed E-state index contributed by atoms with van der Waals surface area (Å²) in [5.41, 5.74) is 2.56. The molecule has 0 heterocycles. The molecule has 2 aromatic carbocycles. The molecule has 0 spiro atoms. The summed E-state index contributed by atoms with van der Waals surface area (Å²) < 4.78 is 9.26. The molecular weight excluding hydrogens is 308 g/mol. The van der Waals surface area contributed by atoms with Crippen LogP contribution < -0.4 is 0 Å². The third-order valence-electron chi connectivity index (χ3n) is 3.14. The van der Waals surface area contributed by atoms with Gasteiger partial charge in [-0.25, -0.2) is 9.59 Å². The van der Waals surface area contributed by atoms with Gasteiger partial charge in [-0.2, -0.15) is 10.2 Å². The molecule has 0 radical (unpaired) electrons. The highest BCUT2D eigenvalue weighted by molar-refractivity contribution is 5.91. The molecule has 6 nitrogen and oxygen atoms in total. The molecule has 0 aliphatic heterocycles. The number of benzene rings is 2. The molecule has 2 aromatic rings. The summed E-state index contributed by atoms with van der Waals surface area (Å²) in [7, 11) is 2.67. The van der Waals surface area contributed by atoms with Gasteiger partial charge < -0.3 is 9.47 Å². The molecule has 0 aliphatic rings. The van der Waals surface area contributed by atoms with Crippen molar-refractivity contribution in [1.82, 2.24) is 0 Å². The van der Waals surface area contributed by atoms with Crippen molar-refractivity contribution < 1.29 is 19.1 Å². The molecule has 0 fully saturated rings. The fraction of sp³-hybridized carbons (Fsp3) is 0.111. The van der Waals surface area contributed by atoms with Crippen molar-refractivity contribution in [1.29, 1.82) is 0 Å². The quantitative estimate of drug-likeness (QED) is 0.481. The molecule has 0 amide bonds. The largest absolute Gasteiger partial charge is 0.465 e. The maximum Gasteiger partial charge on any atom is 0.337 e. The van der Waals surface area contributed by atoms with Crippen LogP contribution in [0.25, 0.3) is 0 Å². The maximum atomic E-state index is 11.3. The molecule has 0 unspecified atom stereocenters. The van der Waals surface area contributed by atoms with Gasteiger partial charge in [0, 0.05) is 0 Å². The number of carbonyl (C=O) groups excluding carboxylic acids is 2. The van der Waals surface area contributed by atoms with E-state index in [1.54, 1.807) is 61.0 Å². The van der Waals surface area contributed by atoms with E-state index in [0.29, 0.717) is 11.1 Å². The van der Waals surface area contributed by atoms with Crippen LogP contribution in [0.5, 0.6) is 0 Å². The zero-order valence-corrected chi connectivity index (χ0v) is 13.3. The first-order valence-corrected chi connectivity index (χ1v) is 7.07. The molecule has 0 N–H and O–H groups in total. The molecule has 0 bridgehead atoms. The number of carbonyl (C=O) groups is 2.